The van der Waals surface area contributed by atoms with Crippen molar-refractivity contribution in [1.29, 1.82) is 0 Å². The van der Waals surface area contributed by atoms with Crippen molar-refractivity contribution in [2.24, 2.45) is 0 Å². The highest BCUT2D eigenvalue weighted by Gasteiger charge is 2.46. The van der Waals surface area contributed by atoms with Crippen LogP contribution in [0.2, 0.25) is 0 Å². The molecule has 3 rings (SSSR count). The molecule has 1 fully saturated rings. The Bertz CT molecular complexity index is 1130. The van der Waals surface area contributed by atoms with E-state index in [1.54, 1.807) is 36.4 Å². The maximum Gasteiger partial charge on any atom is 0.295 e. The first-order chi connectivity index (χ1) is 17.8. The second-order valence-electron chi connectivity index (χ2n) is 8.56. The molecule has 200 valence electrons. The summed E-state index contributed by atoms with van der Waals surface area (Å²) < 4.78 is 21.8. The number of amides is 1. The maximum atomic E-state index is 13.4. The van der Waals surface area contributed by atoms with E-state index in [-0.39, 0.29) is 11.3 Å². The molecule has 0 aliphatic carbocycles. The van der Waals surface area contributed by atoms with Gasteiger partial charge < -0.3 is 33.9 Å². The van der Waals surface area contributed by atoms with Gasteiger partial charge >= 0.3 is 0 Å². The zero-order chi connectivity index (χ0) is 27.1. The van der Waals surface area contributed by atoms with Gasteiger partial charge in [0.25, 0.3) is 11.7 Å². The number of rotatable bonds is 12. The fraction of sp³-hybridized carbons (Fsp3) is 0.429. The number of Topliss-reactive ketones (excluding diaryl/α,β-unsaturated/α-hetero) is 1. The first-order valence-electron chi connectivity index (χ1n) is 12.3. The number of carbonyl (C=O) groups is 2. The van der Waals surface area contributed by atoms with Crippen molar-refractivity contribution in [1.82, 2.24) is 9.80 Å². The van der Waals surface area contributed by atoms with Gasteiger partial charge in [0.15, 0.2) is 11.5 Å². The Morgan fingerprint density at radius 1 is 0.946 bits per heavy atom. The van der Waals surface area contributed by atoms with Crippen molar-refractivity contribution in [3.63, 3.8) is 0 Å². The van der Waals surface area contributed by atoms with Gasteiger partial charge in [0.05, 0.1) is 40.1 Å². The third-order valence-corrected chi connectivity index (χ3v) is 6.65. The summed E-state index contributed by atoms with van der Waals surface area (Å²) in [4.78, 5) is 30.4. The Balaban J connectivity index is 2.18. The second-order valence-corrected chi connectivity index (χ2v) is 8.56. The highest BCUT2D eigenvalue weighted by molar-refractivity contribution is 6.46. The number of hydrogen-bond acceptors (Lipinski definition) is 8. The lowest BCUT2D eigenvalue weighted by Gasteiger charge is -2.27. The monoisotopic (exact) mass is 512 g/mol. The highest BCUT2D eigenvalue weighted by atomic mass is 16.5. The van der Waals surface area contributed by atoms with Crippen molar-refractivity contribution in [2.45, 2.75) is 26.3 Å². The Morgan fingerprint density at radius 3 is 2.14 bits per heavy atom. The maximum absolute atomic E-state index is 13.4. The van der Waals surface area contributed by atoms with E-state index in [1.165, 1.54) is 33.3 Å². The van der Waals surface area contributed by atoms with Gasteiger partial charge in [0, 0.05) is 12.1 Å². The Hall–Kier alpha value is -3.72. The van der Waals surface area contributed by atoms with E-state index < -0.39 is 17.7 Å². The average molecular weight is 513 g/mol. The van der Waals surface area contributed by atoms with Crippen LogP contribution in [-0.2, 0) is 9.59 Å². The molecule has 0 bridgehead atoms. The van der Waals surface area contributed by atoms with Gasteiger partial charge in [-0.1, -0.05) is 26.0 Å². The number of likely N-dealkylation sites (tertiary alicyclic amines) is 1. The van der Waals surface area contributed by atoms with Crippen LogP contribution in [0.5, 0.6) is 23.0 Å². The minimum atomic E-state index is -0.850. The molecule has 0 unspecified atom stereocenters. The number of methoxy groups -OCH3 is 4. The van der Waals surface area contributed by atoms with Gasteiger partial charge in [-0.2, -0.15) is 0 Å². The molecule has 1 saturated heterocycles. The van der Waals surface area contributed by atoms with Crippen molar-refractivity contribution in [2.75, 3.05) is 54.6 Å². The zero-order valence-electron chi connectivity index (χ0n) is 22.4. The van der Waals surface area contributed by atoms with Crippen LogP contribution in [0, 0.1) is 0 Å². The lowest BCUT2D eigenvalue weighted by atomic mass is 9.94. The third kappa shape index (κ3) is 5.67. The molecule has 1 atom stereocenters. The summed E-state index contributed by atoms with van der Waals surface area (Å²) in [5.41, 5.74) is 0.925. The van der Waals surface area contributed by atoms with E-state index in [4.69, 9.17) is 18.9 Å². The van der Waals surface area contributed by atoms with Crippen LogP contribution in [0.3, 0.4) is 0 Å². The number of ketones is 1. The van der Waals surface area contributed by atoms with Gasteiger partial charge in [0.2, 0.25) is 5.75 Å². The highest BCUT2D eigenvalue weighted by Crippen LogP contribution is 2.45. The summed E-state index contributed by atoms with van der Waals surface area (Å²) >= 11 is 0. The van der Waals surface area contributed by atoms with E-state index in [0.29, 0.717) is 47.1 Å². The van der Waals surface area contributed by atoms with Gasteiger partial charge in [-0.3, -0.25) is 9.59 Å². The fourth-order valence-corrected chi connectivity index (χ4v) is 4.65. The Morgan fingerprint density at radius 2 is 1.59 bits per heavy atom. The summed E-state index contributed by atoms with van der Waals surface area (Å²) in [6.07, 6.45) is 0.662. The molecule has 2 aromatic carbocycles. The molecule has 2 aromatic rings. The third-order valence-electron chi connectivity index (χ3n) is 6.65. The number of aliphatic hydroxyl groups is 1. The number of carbonyl (C=O) groups excluding carboxylic acids is 2. The molecule has 0 aromatic heterocycles. The normalized spacial score (nSPS) is 16.8. The number of nitrogens with zero attached hydrogens (tertiary/aromatic N) is 2. The van der Waals surface area contributed by atoms with Crippen molar-refractivity contribution >= 4 is 17.4 Å². The average Bonchev–Trinajstić information content (AvgIpc) is 3.18. The zero-order valence-corrected chi connectivity index (χ0v) is 22.4. The molecule has 0 saturated carbocycles. The van der Waals surface area contributed by atoms with E-state index in [2.05, 4.69) is 18.7 Å². The SMILES string of the molecule is CCN(CC)CCCN1C(=O)C(=O)C(=C(O)c2cccc(OC)c2)[C@H]1c1cc(OC)c(OC)c(OC)c1. The summed E-state index contributed by atoms with van der Waals surface area (Å²) in [5.74, 6) is -0.0207. The molecule has 1 aliphatic rings. The number of aliphatic hydroxyl groups excluding tert-OH is 1. The van der Waals surface area contributed by atoms with E-state index in [1.807, 2.05) is 0 Å². The molecule has 9 nitrogen and oxygen atoms in total. The first kappa shape index (κ1) is 27.9. The largest absolute Gasteiger partial charge is 0.507 e. The predicted octanol–water partition coefficient (Wildman–Crippen LogP) is 3.87. The molecule has 9 heteroatoms. The lowest BCUT2D eigenvalue weighted by Crippen LogP contribution is -2.33. The predicted molar refractivity (Wildman–Crippen MR) is 141 cm³/mol. The number of benzene rings is 2. The summed E-state index contributed by atoms with van der Waals surface area (Å²) in [6, 6.07) is 9.29. The van der Waals surface area contributed by atoms with Crippen molar-refractivity contribution in [3.05, 3.63) is 53.1 Å². The van der Waals surface area contributed by atoms with Gasteiger partial charge in [-0.05, 0) is 55.9 Å². The number of hydrogen-bond donors (Lipinski definition) is 1. The van der Waals surface area contributed by atoms with Crippen LogP contribution in [-0.4, -0.2) is 81.2 Å². The molecular weight excluding hydrogens is 476 g/mol. The smallest absolute Gasteiger partial charge is 0.295 e. The molecule has 1 heterocycles. The standard InChI is InChI=1S/C28H36N2O7/c1-7-29(8-2)13-10-14-30-24(19-16-21(35-4)27(37-6)22(17-19)36-5)23(26(32)28(30)33)25(31)18-11-9-12-20(15-18)34-3/h9,11-12,15-17,24,31H,7-8,10,13-14H2,1-6H3/t24-/m1/s1. The molecule has 1 amide bonds. The van der Waals surface area contributed by atoms with Crippen LogP contribution in [0.4, 0.5) is 0 Å². The summed E-state index contributed by atoms with van der Waals surface area (Å²) in [6.45, 7) is 7.05. The second kappa shape index (κ2) is 12.5. The minimum absolute atomic E-state index is 0.00429. The van der Waals surface area contributed by atoms with Crippen LogP contribution in [0.1, 0.15) is 37.4 Å². The first-order valence-corrected chi connectivity index (χ1v) is 12.3. The van der Waals surface area contributed by atoms with E-state index >= 15 is 0 Å². The Kier molecular flexibility index (Phi) is 9.41. The van der Waals surface area contributed by atoms with Gasteiger partial charge in [0.1, 0.15) is 11.5 Å². The molecule has 37 heavy (non-hydrogen) atoms. The van der Waals surface area contributed by atoms with Crippen LogP contribution >= 0.6 is 0 Å². The molecule has 0 radical (unpaired) electrons. The van der Waals surface area contributed by atoms with Crippen LogP contribution < -0.4 is 18.9 Å². The molecule has 1 aliphatic heterocycles. The van der Waals surface area contributed by atoms with Gasteiger partial charge in [-0.15, -0.1) is 0 Å². The summed E-state index contributed by atoms with van der Waals surface area (Å²) in [5, 5.41) is 11.4. The molecular formula is C28H36N2O7. The minimum Gasteiger partial charge on any atom is -0.507 e. The summed E-state index contributed by atoms with van der Waals surface area (Å²) in [7, 11) is 6.02. The fourth-order valence-electron chi connectivity index (χ4n) is 4.65. The van der Waals surface area contributed by atoms with E-state index in [9.17, 15) is 14.7 Å². The topological polar surface area (TPSA) is 97.8 Å². The van der Waals surface area contributed by atoms with Crippen LogP contribution in [0.25, 0.3) is 5.76 Å². The molecule has 0 spiro atoms. The van der Waals surface area contributed by atoms with Crippen molar-refractivity contribution in [3.8, 4) is 23.0 Å². The van der Waals surface area contributed by atoms with E-state index in [0.717, 1.165) is 19.6 Å². The number of ether oxygens (including phenoxy) is 4. The Labute approximate surface area is 218 Å². The molecule has 1 N–H and O–H groups in total. The van der Waals surface area contributed by atoms with Gasteiger partial charge in [-0.25, -0.2) is 0 Å². The quantitative estimate of drug-likeness (QED) is 0.260. The lowest BCUT2D eigenvalue weighted by molar-refractivity contribution is -0.140. The van der Waals surface area contributed by atoms with Crippen LogP contribution in [0.15, 0.2) is 42.0 Å². The van der Waals surface area contributed by atoms with Crippen molar-refractivity contribution < 1.29 is 33.6 Å².